The maximum atomic E-state index is 12.6. The quantitative estimate of drug-likeness (QED) is 0.839. The Bertz CT molecular complexity index is 450. The van der Waals surface area contributed by atoms with Gasteiger partial charge >= 0.3 is 0 Å². The van der Waals surface area contributed by atoms with Crippen LogP contribution in [0.15, 0.2) is 18.3 Å². The number of amides is 1. The molecule has 0 unspecified atom stereocenters. The van der Waals surface area contributed by atoms with Crippen LogP contribution < -0.4 is 4.74 Å². The average molecular weight is 277 g/mol. The Labute approximate surface area is 120 Å². The van der Waals surface area contributed by atoms with Crippen molar-refractivity contribution in [1.82, 2.24) is 14.8 Å². The molecule has 1 aromatic rings. The van der Waals surface area contributed by atoms with E-state index in [2.05, 4.69) is 16.8 Å². The average Bonchev–Trinajstić information content (AvgIpc) is 2.73. The van der Waals surface area contributed by atoms with Gasteiger partial charge in [0, 0.05) is 25.8 Å². The number of carbonyl (C=O) groups excluding carboxylic acids is 1. The summed E-state index contributed by atoms with van der Waals surface area (Å²) in [5.74, 6) is 0.469. The maximum Gasteiger partial charge on any atom is 0.259 e. The Morgan fingerprint density at radius 2 is 2.15 bits per heavy atom. The van der Waals surface area contributed by atoms with Crippen LogP contribution in [0.25, 0.3) is 0 Å². The van der Waals surface area contributed by atoms with E-state index >= 15 is 0 Å². The van der Waals surface area contributed by atoms with Crippen LogP contribution in [0.2, 0.25) is 0 Å². The van der Waals surface area contributed by atoms with Crippen molar-refractivity contribution in [3.63, 3.8) is 0 Å². The lowest BCUT2D eigenvalue weighted by atomic mass is 10.2. The molecule has 1 amide bonds. The molecule has 0 atom stereocenters. The molecule has 0 N–H and O–H groups in total. The number of hydrogen-bond donors (Lipinski definition) is 0. The molecule has 110 valence electrons. The molecule has 1 fully saturated rings. The second-order valence-electron chi connectivity index (χ2n) is 4.87. The van der Waals surface area contributed by atoms with E-state index in [1.807, 2.05) is 11.8 Å². The van der Waals surface area contributed by atoms with Crippen molar-refractivity contribution >= 4 is 5.91 Å². The van der Waals surface area contributed by atoms with Crippen molar-refractivity contribution in [1.29, 1.82) is 0 Å². The second kappa shape index (κ2) is 7.24. The van der Waals surface area contributed by atoms with Crippen molar-refractivity contribution in [3.8, 4) is 5.88 Å². The van der Waals surface area contributed by atoms with Gasteiger partial charge in [0.15, 0.2) is 0 Å². The lowest BCUT2D eigenvalue weighted by Gasteiger charge is -2.22. The fourth-order valence-electron chi connectivity index (χ4n) is 2.47. The molecule has 0 aliphatic carbocycles. The summed E-state index contributed by atoms with van der Waals surface area (Å²) < 4.78 is 5.45. The smallest absolute Gasteiger partial charge is 0.259 e. The van der Waals surface area contributed by atoms with Crippen LogP contribution in [-0.4, -0.2) is 60.0 Å². The van der Waals surface area contributed by atoms with Crippen LogP contribution in [0.4, 0.5) is 0 Å². The summed E-state index contributed by atoms with van der Waals surface area (Å²) in [6, 6.07) is 3.58. The van der Waals surface area contributed by atoms with E-state index in [-0.39, 0.29) is 5.91 Å². The summed E-state index contributed by atoms with van der Waals surface area (Å²) in [6.07, 6.45) is 2.67. The third-order valence-corrected chi connectivity index (χ3v) is 3.61. The van der Waals surface area contributed by atoms with Crippen molar-refractivity contribution < 1.29 is 9.53 Å². The van der Waals surface area contributed by atoms with Gasteiger partial charge in [-0.2, -0.15) is 0 Å². The summed E-state index contributed by atoms with van der Waals surface area (Å²) >= 11 is 0. The molecule has 1 aliphatic rings. The van der Waals surface area contributed by atoms with Crippen LogP contribution in [0, 0.1) is 0 Å². The van der Waals surface area contributed by atoms with Gasteiger partial charge in [0.05, 0.1) is 6.61 Å². The molecule has 0 spiro atoms. The number of likely N-dealkylation sites (N-methyl/N-ethyl adjacent to an activating group) is 1. The van der Waals surface area contributed by atoms with Gasteiger partial charge in [-0.05, 0) is 38.6 Å². The monoisotopic (exact) mass is 277 g/mol. The van der Waals surface area contributed by atoms with E-state index < -0.39 is 0 Å². The number of pyridine rings is 1. The van der Waals surface area contributed by atoms with Gasteiger partial charge in [0.25, 0.3) is 5.91 Å². The zero-order valence-corrected chi connectivity index (χ0v) is 12.3. The number of hydrogen-bond acceptors (Lipinski definition) is 4. The zero-order chi connectivity index (χ0) is 14.4. The maximum absolute atomic E-state index is 12.6. The number of aromatic nitrogens is 1. The van der Waals surface area contributed by atoms with Gasteiger partial charge in [-0.15, -0.1) is 0 Å². The topological polar surface area (TPSA) is 45.7 Å². The number of ether oxygens (including phenoxy) is 1. The van der Waals surface area contributed by atoms with Crippen molar-refractivity contribution in [3.05, 3.63) is 23.9 Å². The van der Waals surface area contributed by atoms with Crippen LogP contribution in [0.3, 0.4) is 0 Å². The summed E-state index contributed by atoms with van der Waals surface area (Å²) in [5, 5.41) is 0. The van der Waals surface area contributed by atoms with Crippen LogP contribution in [-0.2, 0) is 0 Å². The lowest BCUT2D eigenvalue weighted by molar-refractivity contribution is 0.0756. The SMILES string of the molecule is CCOc1ncccc1C(=O)N1CCCN(CC)CC1. The molecule has 1 aromatic heterocycles. The first-order valence-electron chi connectivity index (χ1n) is 7.35. The molecule has 5 nitrogen and oxygen atoms in total. The highest BCUT2D eigenvalue weighted by atomic mass is 16.5. The minimum absolute atomic E-state index is 0.0273. The van der Waals surface area contributed by atoms with Crippen LogP contribution in [0.1, 0.15) is 30.6 Å². The Morgan fingerprint density at radius 3 is 2.90 bits per heavy atom. The predicted molar refractivity (Wildman–Crippen MR) is 78.0 cm³/mol. The summed E-state index contributed by atoms with van der Waals surface area (Å²) in [5.41, 5.74) is 0.569. The molecule has 0 aromatic carbocycles. The third kappa shape index (κ3) is 3.48. The first kappa shape index (κ1) is 14.8. The minimum Gasteiger partial charge on any atom is -0.477 e. The fourth-order valence-corrected chi connectivity index (χ4v) is 2.47. The molecule has 2 rings (SSSR count). The van der Waals surface area contributed by atoms with Gasteiger partial charge in [-0.25, -0.2) is 4.98 Å². The molecule has 2 heterocycles. The molecule has 0 radical (unpaired) electrons. The predicted octanol–water partition coefficient (Wildman–Crippen LogP) is 1.65. The Morgan fingerprint density at radius 1 is 1.30 bits per heavy atom. The second-order valence-corrected chi connectivity index (χ2v) is 4.87. The van der Waals surface area contributed by atoms with E-state index in [1.165, 1.54) is 0 Å². The first-order chi connectivity index (χ1) is 9.76. The molecular formula is C15H23N3O2. The van der Waals surface area contributed by atoms with E-state index in [4.69, 9.17) is 4.74 Å². The normalized spacial score (nSPS) is 16.8. The van der Waals surface area contributed by atoms with Crippen LogP contribution in [0.5, 0.6) is 5.88 Å². The summed E-state index contributed by atoms with van der Waals surface area (Å²) in [4.78, 5) is 21.1. The van der Waals surface area contributed by atoms with Gasteiger partial charge in [0.2, 0.25) is 5.88 Å². The zero-order valence-electron chi connectivity index (χ0n) is 12.3. The largest absolute Gasteiger partial charge is 0.477 e. The molecule has 20 heavy (non-hydrogen) atoms. The molecular weight excluding hydrogens is 254 g/mol. The Balaban J connectivity index is 2.10. The molecule has 0 saturated carbocycles. The molecule has 1 saturated heterocycles. The lowest BCUT2D eigenvalue weighted by Crippen LogP contribution is -2.35. The van der Waals surface area contributed by atoms with Gasteiger partial charge in [0.1, 0.15) is 5.56 Å². The van der Waals surface area contributed by atoms with Crippen LogP contribution >= 0.6 is 0 Å². The molecule has 5 heteroatoms. The molecule has 1 aliphatic heterocycles. The van der Waals surface area contributed by atoms with E-state index in [0.717, 1.165) is 39.1 Å². The summed E-state index contributed by atoms with van der Waals surface area (Å²) in [6.45, 7) is 9.18. The van der Waals surface area contributed by atoms with E-state index in [0.29, 0.717) is 18.1 Å². The third-order valence-electron chi connectivity index (χ3n) is 3.61. The van der Waals surface area contributed by atoms with Gasteiger partial charge in [-0.3, -0.25) is 4.79 Å². The summed E-state index contributed by atoms with van der Waals surface area (Å²) in [7, 11) is 0. The Hall–Kier alpha value is -1.62. The van der Waals surface area contributed by atoms with Crippen molar-refractivity contribution in [2.24, 2.45) is 0 Å². The first-order valence-corrected chi connectivity index (χ1v) is 7.35. The highest BCUT2D eigenvalue weighted by Gasteiger charge is 2.22. The van der Waals surface area contributed by atoms with Gasteiger partial charge < -0.3 is 14.5 Å². The number of carbonyl (C=O) groups is 1. The highest BCUT2D eigenvalue weighted by molar-refractivity contribution is 5.96. The Kier molecular flexibility index (Phi) is 5.35. The minimum atomic E-state index is 0.0273. The number of rotatable bonds is 4. The molecule has 0 bridgehead atoms. The van der Waals surface area contributed by atoms with E-state index in [1.54, 1.807) is 18.3 Å². The van der Waals surface area contributed by atoms with Crippen molar-refractivity contribution in [2.45, 2.75) is 20.3 Å². The standard InChI is InChI=1S/C15H23N3O2/c1-3-17-9-6-10-18(12-11-17)15(19)13-7-5-8-16-14(13)20-4-2/h5,7-8H,3-4,6,9-12H2,1-2H3. The van der Waals surface area contributed by atoms with E-state index in [9.17, 15) is 4.79 Å². The fraction of sp³-hybridized carbons (Fsp3) is 0.600. The number of nitrogens with zero attached hydrogens (tertiary/aromatic N) is 3. The highest BCUT2D eigenvalue weighted by Crippen LogP contribution is 2.17. The van der Waals surface area contributed by atoms with Crippen molar-refractivity contribution in [2.75, 3.05) is 39.3 Å². The van der Waals surface area contributed by atoms with Gasteiger partial charge in [-0.1, -0.05) is 6.92 Å².